The molecule has 0 aromatic heterocycles. The van der Waals surface area contributed by atoms with Crippen LogP contribution in [0.1, 0.15) is 361 Å². The Morgan fingerprint density at radius 2 is 0.694 bits per heavy atom. The Morgan fingerprint density at radius 3 is 1.08 bits per heavy atom. The van der Waals surface area contributed by atoms with Gasteiger partial charge >= 0.3 is 5.97 Å². The van der Waals surface area contributed by atoms with Gasteiger partial charge in [-0.25, -0.2) is 0 Å². The van der Waals surface area contributed by atoms with Crippen LogP contribution in [0.4, 0.5) is 0 Å². The number of unbranched alkanes of at least 4 members (excludes halogenated alkanes) is 46. The van der Waals surface area contributed by atoms with Crippen molar-refractivity contribution < 1.29 is 24.5 Å². The topological polar surface area (TPSA) is 95.9 Å². The Balaban J connectivity index is 3.42. The quantitative estimate of drug-likeness (QED) is 0.0320. The summed E-state index contributed by atoms with van der Waals surface area (Å²) in [4.78, 5) is 24.6. The van der Waals surface area contributed by atoms with Gasteiger partial charge in [-0.1, -0.05) is 314 Å². The van der Waals surface area contributed by atoms with Crippen LogP contribution in [0.5, 0.6) is 0 Å². The lowest BCUT2D eigenvalue weighted by Gasteiger charge is -2.22. The van der Waals surface area contributed by atoms with Crippen molar-refractivity contribution in [2.45, 2.75) is 373 Å². The average molecular weight is 1010 g/mol. The number of carbonyl (C=O) groups excluding carboxylic acids is 2. The van der Waals surface area contributed by atoms with Gasteiger partial charge in [-0.2, -0.15) is 0 Å². The number of hydrogen-bond donors (Lipinski definition) is 3. The maximum atomic E-state index is 12.5. The van der Waals surface area contributed by atoms with Crippen molar-refractivity contribution in [2.75, 3.05) is 13.2 Å². The van der Waals surface area contributed by atoms with Gasteiger partial charge < -0.3 is 20.3 Å². The Kier molecular flexibility index (Phi) is 60.5. The van der Waals surface area contributed by atoms with Crippen LogP contribution in [-0.4, -0.2) is 47.4 Å². The third kappa shape index (κ3) is 57.6. The lowest BCUT2D eigenvalue weighted by atomic mass is 10.0. The summed E-state index contributed by atoms with van der Waals surface area (Å²) in [5.74, 6) is -0.0480. The first-order valence-electron chi connectivity index (χ1n) is 32.6. The molecule has 0 aromatic carbocycles. The van der Waals surface area contributed by atoms with Gasteiger partial charge in [-0.15, -0.1) is 0 Å². The predicted molar refractivity (Wildman–Crippen MR) is 315 cm³/mol. The molecule has 0 fully saturated rings. The number of esters is 1. The van der Waals surface area contributed by atoms with Crippen LogP contribution in [0.3, 0.4) is 0 Å². The zero-order valence-corrected chi connectivity index (χ0v) is 48.7. The molecule has 0 spiro atoms. The van der Waals surface area contributed by atoms with Gasteiger partial charge in [-0.3, -0.25) is 9.59 Å². The van der Waals surface area contributed by atoms with Crippen LogP contribution in [0, 0.1) is 0 Å². The molecule has 6 heteroatoms. The maximum Gasteiger partial charge on any atom is 0.305 e. The molecular formula is C66H127NO5. The molecule has 0 aliphatic carbocycles. The van der Waals surface area contributed by atoms with E-state index in [2.05, 4.69) is 43.5 Å². The second-order valence-electron chi connectivity index (χ2n) is 22.5. The summed E-state index contributed by atoms with van der Waals surface area (Å²) < 4.78 is 5.48. The molecule has 0 aliphatic heterocycles. The van der Waals surface area contributed by atoms with E-state index in [-0.39, 0.29) is 18.5 Å². The summed E-state index contributed by atoms with van der Waals surface area (Å²) in [6, 6.07) is -0.548. The van der Waals surface area contributed by atoms with Crippen LogP contribution < -0.4 is 5.32 Å². The monoisotopic (exact) mass is 1010 g/mol. The predicted octanol–water partition coefficient (Wildman–Crippen LogP) is 20.6. The van der Waals surface area contributed by atoms with Crippen LogP contribution in [0.2, 0.25) is 0 Å². The minimum absolute atomic E-state index is 0.00978. The molecular weight excluding hydrogens is 887 g/mol. The standard InChI is InChI=1S/C66H127NO5/c1-3-5-7-9-11-13-15-17-19-20-21-22-23-24-25-26-27-31-34-38-42-46-50-54-58-64(69)63(62-68)67-65(70)59-55-51-47-43-39-35-32-28-29-33-37-41-45-49-53-57-61-72-66(71)60-56-52-48-44-40-36-30-18-16-14-12-10-8-6-4-2/h12,14,18,30,63-64,68-69H,3-11,13,15-17,19-29,31-62H2,1-2H3,(H,67,70)/b14-12-,30-18-. The van der Waals surface area contributed by atoms with Crippen molar-refractivity contribution in [3.05, 3.63) is 24.3 Å². The fraction of sp³-hybridized carbons (Fsp3) is 0.909. The Hall–Kier alpha value is -1.66. The van der Waals surface area contributed by atoms with Gasteiger partial charge in [0.05, 0.1) is 25.4 Å². The number of allylic oxidation sites excluding steroid dienone is 4. The first kappa shape index (κ1) is 70.3. The molecule has 1 amide bonds. The molecule has 2 unspecified atom stereocenters. The summed E-state index contributed by atoms with van der Waals surface area (Å²) in [5.41, 5.74) is 0. The van der Waals surface area contributed by atoms with Crippen molar-refractivity contribution >= 4 is 11.9 Å². The Morgan fingerprint density at radius 1 is 0.389 bits per heavy atom. The highest BCUT2D eigenvalue weighted by Crippen LogP contribution is 2.18. The number of carbonyl (C=O) groups is 2. The molecule has 0 radical (unpaired) electrons. The number of hydrogen-bond acceptors (Lipinski definition) is 5. The molecule has 426 valence electrons. The molecule has 0 saturated heterocycles. The number of amides is 1. The molecule has 0 heterocycles. The summed E-state index contributed by atoms with van der Waals surface area (Å²) in [6.07, 6.45) is 76.2. The molecule has 0 aliphatic rings. The normalized spacial score (nSPS) is 12.7. The first-order chi connectivity index (χ1) is 35.5. The van der Waals surface area contributed by atoms with E-state index in [1.807, 2.05) is 0 Å². The molecule has 3 N–H and O–H groups in total. The second kappa shape index (κ2) is 61.9. The van der Waals surface area contributed by atoms with E-state index in [0.717, 1.165) is 57.8 Å². The van der Waals surface area contributed by atoms with E-state index < -0.39 is 12.1 Å². The minimum atomic E-state index is -0.671. The van der Waals surface area contributed by atoms with Crippen molar-refractivity contribution in [3.63, 3.8) is 0 Å². The molecule has 0 bridgehead atoms. The van der Waals surface area contributed by atoms with E-state index >= 15 is 0 Å². The summed E-state index contributed by atoms with van der Waals surface area (Å²) in [6.45, 7) is 4.94. The van der Waals surface area contributed by atoms with E-state index in [9.17, 15) is 19.8 Å². The molecule has 0 aromatic rings. The number of nitrogens with one attached hydrogen (secondary N) is 1. The molecule has 2 atom stereocenters. The maximum absolute atomic E-state index is 12.5. The molecule has 0 rings (SSSR count). The van der Waals surface area contributed by atoms with Gasteiger partial charge in [0.1, 0.15) is 0 Å². The summed E-state index contributed by atoms with van der Waals surface area (Å²) >= 11 is 0. The van der Waals surface area contributed by atoms with Gasteiger partial charge in [0.25, 0.3) is 0 Å². The summed E-state index contributed by atoms with van der Waals surface area (Å²) in [5, 5.41) is 23.4. The zero-order chi connectivity index (χ0) is 52.2. The minimum Gasteiger partial charge on any atom is -0.466 e. The van der Waals surface area contributed by atoms with Crippen LogP contribution in [0.15, 0.2) is 24.3 Å². The molecule has 72 heavy (non-hydrogen) atoms. The molecule has 6 nitrogen and oxygen atoms in total. The molecule has 0 saturated carbocycles. The van der Waals surface area contributed by atoms with Crippen LogP contribution in [0.25, 0.3) is 0 Å². The third-order valence-corrected chi connectivity index (χ3v) is 15.3. The van der Waals surface area contributed by atoms with Crippen molar-refractivity contribution in [3.8, 4) is 0 Å². The number of aliphatic hydroxyl groups excluding tert-OH is 2. The van der Waals surface area contributed by atoms with E-state index in [1.54, 1.807) is 0 Å². The largest absolute Gasteiger partial charge is 0.466 e. The number of ether oxygens (including phenoxy) is 1. The zero-order valence-electron chi connectivity index (χ0n) is 48.7. The van der Waals surface area contributed by atoms with E-state index in [0.29, 0.717) is 25.9 Å². The second-order valence-corrected chi connectivity index (χ2v) is 22.5. The smallest absolute Gasteiger partial charge is 0.305 e. The van der Waals surface area contributed by atoms with Gasteiger partial charge in [0, 0.05) is 12.8 Å². The lowest BCUT2D eigenvalue weighted by molar-refractivity contribution is -0.143. The van der Waals surface area contributed by atoms with E-state index in [1.165, 1.54) is 270 Å². The van der Waals surface area contributed by atoms with Crippen molar-refractivity contribution in [1.82, 2.24) is 5.32 Å². The lowest BCUT2D eigenvalue weighted by Crippen LogP contribution is -2.45. The number of aliphatic hydroxyl groups is 2. The number of rotatable bonds is 61. The Bertz CT molecular complexity index is 1120. The fourth-order valence-corrected chi connectivity index (χ4v) is 10.3. The first-order valence-corrected chi connectivity index (χ1v) is 32.6. The Labute approximate surface area is 450 Å². The highest BCUT2D eigenvalue weighted by molar-refractivity contribution is 5.76. The van der Waals surface area contributed by atoms with Crippen LogP contribution in [-0.2, 0) is 14.3 Å². The third-order valence-electron chi connectivity index (χ3n) is 15.3. The highest BCUT2D eigenvalue weighted by atomic mass is 16.5. The van der Waals surface area contributed by atoms with E-state index in [4.69, 9.17) is 4.74 Å². The van der Waals surface area contributed by atoms with Crippen molar-refractivity contribution in [1.29, 1.82) is 0 Å². The van der Waals surface area contributed by atoms with Crippen LogP contribution >= 0.6 is 0 Å². The van der Waals surface area contributed by atoms with Gasteiger partial charge in [0.15, 0.2) is 0 Å². The SMILES string of the molecule is CCCCC/C=C\C/C=C\CCCCCCCC(=O)OCCCCCCCCCCCCCCCCCCC(=O)NC(CO)C(O)CCCCCCCCCCCCCCCCCCCCCCCCCC. The highest BCUT2D eigenvalue weighted by Gasteiger charge is 2.20. The van der Waals surface area contributed by atoms with Gasteiger partial charge in [0.2, 0.25) is 5.91 Å². The average Bonchev–Trinajstić information content (AvgIpc) is 3.38. The van der Waals surface area contributed by atoms with Crippen molar-refractivity contribution in [2.24, 2.45) is 0 Å². The fourth-order valence-electron chi connectivity index (χ4n) is 10.3. The van der Waals surface area contributed by atoms with Gasteiger partial charge in [-0.05, 0) is 57.8 Å². The summed E-state index contributed by atoms with van der Waals surface area (Å²) in [7, 11) is 0.